The normalized spacial score (nSPS) is 20.8. The van der Waals surface area contributed by atoms with E-state index >= 15 is 0 Å². The largest absolute Gasteiger partial charge is 0.492 e. The van der Waals surface area contributed by atoms with Gasteiger partial charge in [-0.05, 0) is 48.9 Å². The summed E-state index contributed by atoms with van der Waals surface area (Å²) in [7, 11) is 0. The third-order valence-corrected chi connectivity index (χ3v) is 7.83. The molecule has 0 saturated carbocycles. The molecule has 2 saturated heterocycles. The van der Waals surface area contributed by atoms with Crippen molar-refractivity contribution in [2.45, 2.75) is 64.4 Å². The van der Waals surface area contributed by atoms with Crippen LogP contribution in [0.4, 0.5) is 0 Å². The van der Waals surface area contributed by atoms with E-state index < -0.39 is 0 Å². The number of nitrogens with zero attached hydrogens (tertiary/aromatic N) is 3. The van der Waals surface area contributed by atoms with Crippen LogP contribution in [0.5, 0.6) is 5.75 Å². The van der Waals surface area contributed by atoms with E-state index in [1.807, 2.05) is 11.0 Å². The minimum Gasteiger partial charge on any atom is -0.492 e. The van der Waals surface area contributed by atoms with Gasteiger partial charge in [-0.3, -0.25) is 14.6 Å². The Hall–Kier alpha value is -2.41. The van der Waals surface area contributed by atoms with E-state index in [4.69, 9.17) is 9.47 Å². The summed E-state index contributed by atoms with van der Waals surface area (Å²) in [4.78, 5) is 18.8. The van der Waals surface area contributed by atoms with E-state index in [9.17, 15) is 4.79 Å². The molecule has 0 atom stereocenters. The summed E-state index contributed by atoms with van der Waals surface area (Å²) in [6, 6.07) is 17.7. The Labute approximate surface area is 209 Å². The van der Waals surface area contributed by atoms with E-state index in [0.717, 1.165) is 83.9 Å². The molecule has 3 aliphatic rings. The second-order valence-electron chi connectivity index (χ2n) is 10.3. The minimum absolute atomic E-state index is 0.199. The van der Waals surface area contributed by atoms with Gasteiger partial charge < -0.3 is 14.4 Å². The van der Waals surface area contributed by atoms with Crippen molar-refractivity contribution >= 4 is 5.91 Å². The SMILES string of the molecule is CC(=O)N1CCC(N2CCOc3ccc(CN4CCC(OCc5ccccc5)CC4)cc3C2)CC1. The molecule has 2 fully saturated rings. The molecule has 188 valence electrons. The van der Waals surface area contributed by atoms with Crippen molar-refractivity contribution in [2.24, 2.45) is 0 Å². The van der Waals surface area contributed by atoms with Gasteiger partial charge in [0.2, 0.25) is 5.91 Å². The number of rotatable bonds is 6. The van der Waals surface area contributed by atoms with Gasteiger partial charge in [0.1, 0.15) is 12.4 Å². The van der Waals surface area contributed by atoms with Gasteiger partial charge in [-0.25, -0.2) is 0 Å². The first-order chi connectivity index (χ1) is 17.1. The average molecular weight is 478 g/mol. The fraction of sp³-hybridized carbons (Fsp3) is 0.552. The number of carbonyl (C=O) groups excluding carboxylic acids is 1. The Bertz CT molecular complexity index is 966. The minimum atomic E-state index is 0.199. The molecule has 0 spiro atoms. The summed E-state index contributed by atoms with van der Waals surface area (Å²) in [5.74, 6) is 1.23. The first-order valence-corrected chi connectivity index (χ1v) is 13.3. The molecule has 2 aromatic rings. The summed E-state index contributed by atoms with van der Waals surface area (Å²) in [6.07, 6.45) is 4.64. The van der Waals surface area contributed by atoms with Crippen molar-refractivity contribution in [1.82, 2.24) is 14.7 Å². The molecule has 0 N–H and O–H groups in total. The van der Waals surface area contributed by atoms with Crippen LogP contribution in [0.3, 0.4) is 0 Å². The zero-order chi connectivity index (χ0) is 24.0. The van der Waals surface area contributed by atoms with Crippen molar-refractivity contribution in [3.63, 3.8) is 0 Å². The van der Waals surface area contributed by atoms with Gasteiger partial charge in [0.15, 0.2) is 0 Å². The Morgan fingerprint density at radius 2 is 1.71 bits per heavy atom. The zero-order valence-electron chi connectivity index (χ0n) is 21.0. The highest BCUT2D eigenvalue weighted by molar-refractivity contribution is 5.73. The lowest BCUT2D eigenvalue weighted by Crippen LogP contribution is -2.46. The van der Waals surface area contributed by atoms with Gasteiger partial charge in [-0.1, -0.05) is 36.4 Å². The van der Waals surface area contributed by atoms with Crippen LogP contribution in [-0.4, -0.2) is 72.1 Å². The molecule has 0 unspecified atom stereocenters. The number of piperidine rings is 2. The number of benzene rings is 2. The maximum absolute atomic E-state index is 11.7. The predicted octanol–water partition coefficient (Wildman–Crippen LogP) is 4.07. The van der Waals surface area contributed by atoms with E-state index in [2.05, 4.69) is 52.3 Å². The molecule has 0 bridgehead atoms. The molecule has 2 aromatic carbocycles. The van der Waals surface area contributed by atoms with Crippen molar-refractivity contribution < 1.29 is 14.3 Å². The van der Waals surface area contributed by atoms with E-state index in [-0.39, 0.29) is 5.91 Å². The van der Waals surface area contributed by atoms with Crippen molar-refractivity contribution in [3.05, 3.63) is 65.2 Å². The Morgan fingerprint density at radius 3 is 2.46 bits per heavy atom. The number of fused-ring (bicyclic) bond motifs is 1. The number of carbonyl (C=O) groups is 1. The van der Waals surface area contributed by atoms with Gasteiger partial charge in [0.05, 0.1) is 12.7 Å². The average Bonchev–Trinajstić information content (AvgIpc) is 3.11. The third kappa shape index (κ3) is 6.43. The van der Waals surface area contributed by atoms with Crippen LogP contribution < -0.4 is 4.74 Å². The van der Waals surface area contributed by atoms with Gasteiger partial charge in [0.25, 0.3) is 0 Å². The summed E-state index contributed by atoms with van der Waals surface area (Å²) < 4.78 is 12.3. The van der Waals surface area contributed by atoms with Crippen molar-refractivity contribution in [1.29, 1.82) is 0 Å². The summed E-state index contributed by atoms with van der Waals surface area (Å²) in [5.41, 5.74) is 3.92. The van der Waals surface area contributed by atoms with Crippen LogP contribution in [0.2, 0.25) is 0 Å². The highest BCUT2D eigenvalue weighted by atomic mass is 16.5. The molecule has 6 heteroatoms. The van der Waals surface area contributed by atoms with Crippen molar-refractivity contribution in [2.75, 3.05) is 39.3 Å². The molecule has 0 radical (unpaired) electrons. The van der Waals surface area contributed by atoms with Crippen molar-refractivity contribution in [3.8, 4) is 5.75 Å². The highest BCUT2D eigenvalue weighted by Crippen LogP contribution is 2.28. The second kappa shape index (κ2) is 11.5. The summed E-state index contributed by atoms with van der Waals surface area (Å²) >= 11 is 0. The molecule has 0 aliphatic carbocycles. The molecular formula is C29H39N3O3. The summed E-state index contributed by atoms with van der Waals surface area (Å²) in [5, 5.41) is 0. The van der Waals surface area contributed by atoms with Crippen LogP contribution >= 0.6 is 0 Å². The van der Waals surface area contributed by atoms with Gasteiger partial charge >= 0.3 is 0 Å². The molecule has 3 heterocycles. The predicted molar refractivity (Wildman–Crippen MR) is 137 cm³/mol. The lowest BCUT2D eigenvalue weighted by atomic mass is 10.0. The van der Waals surface area contributed by atoms with Crippen LogP contribution in [0.1, 0.15) is 49.3 Å². The smallest absolute Gasteiger partial charge is 0.219 e. The molecule has 0 aromatic heterocycles. The molecule has 3 aliphatic heterocycles. The van der Waals surface area contributed by atoms with Crippen LogP contribution in [0, 0.1) is 0 Å². The van der Waals surface area contributed by atoms with Crippen LogP contribution in [0.25, 0.3) is 0 Å². The van der Waals surface area contributed by atoms with E-state index in [1.54, 1.807) is 6.92 Å². The molecule has 5 rings (SSSR count). The number of hydrogen-bond acceptors (Lipinski definition) is 5. The van der Waals surface area contributed by atoms with Gasteiger partial charge in [-0.15, -0.1) is 0 Å². The molecule has 35 heavy (non-hydrogen) atoms. The Balaban J connectivity index is 1.12. The fourth-order valence-electron chi connectivity index (χ4n) is 5.70. The van der Waals surface area contributed by atoms with Gasteiger partial charge in [-0.2, -0.15) is 0 Å². The summed E-state index contributed by atoms with van der Waals surface area (Å²) in [6.45, 7) is 9.88. The number of ether oxygens (including phenoxy) is 2. The second-order valence-corrected chi connectivity index (χ2v) is 10.3. The first-order valence-electron chi connectivity index (χ1n) is 13.3. The third-order valence-electron chi connectivity index (χ3n) is 7.83. The zero-order valence-corrected chi connectivity index (χ0v) is 21.0. The number of hydrogen-bond donors (Lipinski definition) is 0. The maximum atomic E-state index is 11.7. The Kier molecular flexibility index (Phi) is 8.02. The lowest BCUT2D eigenvalue weighted by molar-refractivity contribution is -0.130. The van der Waals surface area contributed by atoms with E-state index in [0.29, 0.717) is 18.8 Å². The van der Waals surface area contributed by atoms with Crippen LogP contribution in [0.15, 0.2) is 48.5 Å². The first kappa shape index (κ1) is 24.3. The number of likely N-dealkylation sites (tertiary alicyclic amines) is 2. The van der Waals surface area contributed by atoms with Gasteiger partial charge in [0, 0.05) is 64.3 Å². The standard InChI is InChI=1S/C29H39N3O3/c1-23(33)31-15-9-27(10-16-31)32-17-18-34-29-8-7-25(19-26(29)21-32)20-30-13-11-28(12-14-30)35-22-24-5-3-2-4-6-24/h2-8,19,27-28H,9-18,20-22H2,1H3. The molecular weight excluding hydrogens is 438 g/mol. The lowest BCUT2D eigenvalue weighted by Gasteiger charge is -2.37. The fourth-order valence-corrected chi connectivity index (χ4v) is 5.70. The monoisotopic (exact) mass is 477 g/mol. The quantitative estimate of drug-likeness (QED) is 0.628. The Morgan fingerprint density at radius 1 is 0.943 bits per heavy atom. The molecule has 1 amide bonds. The topological polar surface area (TPSA) is 45.2 Å². The van der Waals surface area contributed by atoms with Crippen LogP contribution in [-0.2, 0) is 29.2 Å². The molecule has 6 nitrogen and oxygen atoms in total. The van der Waals surface area contributed by atoms with E-state index in [1.165, 1.54) is 16.7 Å². The maximum Gasteiger partial charge on any atom is 0.219 e. The number of amides is 1. The highest BCUT2D eigenvalue weighted by Gasteiger charge is 2.28.